The van der Waals surface area contributed by atoms with Crippen LogP contribution in [0.4, 0.5) is 28.9 Å². The quantitative estimate of drug-likeness (QED) is 0.508. The predicted octanol–water partition coefficient (Wildman–Crippen LogP) is 2.71. The number of hydrogen-bond acceptors (Lipinski definition) is 3. The molecule has 5 nitrogen and oxygen atoms in total. The van der Waals surface area contributed by atoms with E-state index in [1.807, 2.05) is 5.32 Å². The summed E-state index contributed by atoms with van der Waals surface area (Å²) in [6.45, 7) is 0.966. The molecule has 0 atom stereocenters. The zero-order valence-electron chi connectivity index (χ0n) is 8.84. The highest BCUT2D eigenvalue weighted by Crippen LogP contribution is 2.40. The van der Waals surface area contributed by atoms with E-state index >= 15 is 0 Å². The van der Waals surface area contributed by atoms with E-state index in [4.69, 9.17) is 0 Å². The van der Waals surface area contributed by atoms with E-state index in [2.05, 4.69) is 0 Å². The van der Waals surface area contributed by atoms with Crippen molar-refractivity contribution < 1.29 is 27.3 Å². The van der Waals surface area contributed by atoms with Crippen molar-refractivity contribution in [2.75, 3.05) is 5.32 Å². The van der Waals surface area contributed by atoms with E-state index < -0.39 is 39.8 Å². The fraction of sp³-hybridized carbons (Fsp3) is 0.222. The molecule has 18 heavy (non-hydrogen) atoms. The van der Waals surface area contributed by atoms with Gasteiger partial charge < -0.3 is 5.32 Å². The number of hydrogen-bond donors (Lipinski definition) is 1. The Morgan fingerprint density at radius 1 is 1.39 bits per heavy atom. The van der Waals surface area contributed by atoms with Crippen molar-refractivity contribution in [2.24, 2.45) is 0 Å². The van der Waals surface area contributed by atoms with Gasteiger partial charge in [0.1, 0.15) is 0 Å². The van der Waals surface area contributed by atoms with Crippen molar-refractivity contribution in [3.8, 4) is 0 Å². The van der Waals surface area contributed by atoms with Gasteiger partial charge >= 0.3 is 6.18 Å². The lowest BCUT2D eigenvalue weighted by molar-refractivity contribution is -0.388. The minimum atomic E-state index is -5.24. The van der Waals surface area contributed by atoms with E-state index in [0.717, 1.165) is 6.92 Å². The zero-order valence-corrected chi connectivity index (χ0v) is 8.84. The second kappa shape index (κ2) is 4.59. The van der Waals surface area contributed by atoms with Crippen molar-refractivity contribution in [1.29, 1.82) is 0 Å². The first-order chi connectivity index (χ1) is 8.14. The van der Waals surface area contributed by atoms with Crippen molar-refractivity contribution in [3.05, 3.63) is 33.6 Å². The molecule has 0 spiro atoms. The Balaban J connectivity index is 3.50. The molecule has 0 radical (unpaired) electrons. The molecule has 1 amide bonds. The minimum Gasteiger partial charge on any atom is -0.324 e. The summed E-state index contributed by atoms with van der Waals surface area (Å²) in [6.07, 6.45) is -5.24. The highest BCUT2D eigenvalue weighted by molar-refractivity contribution is 5.89. The number of benzene rings is 1. The number of rotatable bonds is 2. The number of nitrogens with zero attached hydrogens (tertiary/aromatic N) is 1. The lowest BCUT2D eigenvalue weighted by Crippen LogP contribution is -2.15. The van der Waals surface area contributed by atoms with Crippen molar-refractivity contribution in [1.82, 2.24) is 0 Å². The van der Waals surface area contributed by atoms with Gasteiger partial charge in [0.15, 0.2) is 11.4 Å². The predicted molar refractivity (Wildman–Crippen MR) is 52.4 cm³/mol. The average molecular weight is 266 g/mol. The molecule has 1 rings (SSSR count). The Bertz CT molecular complexity index is 513. The van der Waals surface area contributed by atoms with E-state index in [9.17, 15) is 32.5 Å². The molecule has 9 heteroatoms. The number of amides is 1. The van der Waals surface area contributed by atoms with Crippen molar-refractivity contribution in [2.45, 2.75) is 13.1 Å². The lowest BCUT2D eigenvalue weighted by atomic mass is 10.1. The number of alkyl halides is 3. The maximum Gasteiger partial charge on any atom is 0.425 e. The van der Waals surface area contributed by atoms with E-state index in [-0.39, 0.29) is 0 Å². The van der Waals surface area contributed by atoms with Gasteiger partial charge in [0.05, 0.1) is 10.6 Å². The van der Waals surface area contributed by atoms with Gasteiger partial charge in [-0.3, -0.25) is 14.9 Å². The highest BCUT2D eigenvalue weighted by Gasteiger charge is 2.42. The van der Waals surface area contributed by atoms with Gasteiger partial charge in [0, 0.05) is 13.0 Å². The van der Waals surface area contributed by atoms with Gasteiger partial charge in [0.2, 0.25) is 5.91 Å². The summed E-state index contributed by atoms with van der Waals surface area (Å²) in [5.74, 6) is -2.68. The van der Waals surface area contributed by atoms with Crippen LogP contribution in [0.1, 0.15) is 12.5 Å². The lowest BCUT2D eigenvalue weighted by Gasteiger charge is -2.11. The third-order valence-electron chi connectivity index (χ3n) is 1.91. The smallest absolute Gasteiger partial charge is 0.324 e. The molecule has 0 heterocycles. The summed E-state index contributed by atoms with van der Waals surface area (Å²) < 4.78 is 51.1. The van der Waals surface area contributed by atoms with E-state index in [1.165, 1.54) is 0 Å². The minimum absolute atomic E-state index is 0.483. The van der Waals surface area contributed by atoms with Crippen LogP contribution in [0.3, 0.4) is 0 Å². The molecule has 0 fully saturated rings. The molecule has 98 valence electrons. The van der Waals surface area contributed by atoms with E-state index in [0.29, 0.717) is 12.1 Å². The maximum absolute atomic E-state index is 13.5. The molecule has 0 aliphatic rings. The van der Waals surface area contributed by atoms with Crippen LogP contribution in [0.15, 0.2) is 12.1 Å². The summed E-state index contributed by atoms with van der Waals surface area (Å²) in [4.78, 5) is 19.7. The van der Waals surface area contributed by atoms with Gasteiger partial charge in [-0.1, -0.05) is 0 Å². The number of nitro groups is 1. The SMILES string of the molecule is CC(=O)Nc1ccc([N+](=O)[O-])c(C(F)(F)F)c1F. The summed E-state index contributed by atoms with van der Waals surface area (Å²) in [6, 6.07) is 1.18. The summed E-state index contributed by atoms with van der Waals surface area (Å²) >= 11 is 0. The van der Waals surface area contributed by atoms with Crippen molar-refractivity contribution in [3.63, 3.8) is 0 Å². The van der Waals surface area contributed by atoms with Crippen LogP contribution in [0, 0.1) is 15.9 Å². The van der Waals surface area contributed by atoms with Gasteiger partial charge in [-0.05, 0) is 6.07 Å². The largest absolute Gasteiger partial charge is 0.425 e. The number of carbonyl (C=O) groups is 1. The highest BCUT2D eigenvalue weighted by atomic mass is 19.4. The molecule has 0 aliphatic heterocycles. The fourth-order valence-electron chi connectivity index (χ4n) is 1.27. The molecular weight excluding hydrogens is 260 g/mol. The maximum atomic E-state index is 13.5. The summed E-state index contributed by atoms with van der Waals surface area (Å²) in [5, 5.41) is 12.2. The van der Waals surface area contributed by atoms with Gasteiger partial charge in [-0.2, -0.15) is 13.2 Å². The Labute approximate surface area is 97.6 Å². The molecule has 0 bridgehead atoms. The standard InChI is InChI=1S/C9H6F4N2O3/c1-4(16)14-5-2-3-6(15(17)18)7(8(5)10)9(11,12)13/h2-3H,1H3,(H,14,16). The molecular formula is C9H6F4N2O3. The van der Waals surface area contributed by atoms with Gasteiger partial charge in [0.25, 0.3) is 5.69 Å². The van der Waals surface area contributed by atoms with Crippen LogP contribution in [0.2, 0.25) is 0 Å². The second-order valence-electron chi connectivity index (χ2n) is 3.26. The monoisotopic (exact) mass is 266 g/mol. The van der Waals surface area contributed by atoms with Crippen LogP contribution >= 0.6 is 0 Å². The van der Waals surface area contributed by atoms with Crippen LogP contribution < -0.4 is 5.32 Å². The second-order valence-corrected chi connectivity index (χ2v) is 3.26. The van der Waals surface area contributed by atoms with Crippen LogP contribution in [-0.2, 0) is 11.0 Å². The van der Waals surface area contributed by atoms with Crippen molar-refractivity contribution >= 4 is 17.3 Å². The Hall–Kier alpha value is -2.19. The third kappa shape index (κ3) is 2.73. The number of anilines is 1. The average Bonchev–Trinajstić information content (AvgIpc) is 2.17. The summed E-state index contributed by atoms with van der Waals surface area (Å²) in [7, 11) is 0. The molecule has 0 aliphatic carbocycles. The molecule has 0 unspecified atom stereocenters. The number of nitro benzene ring substituents is 1. The zero-order chi connectivity index (χ0) is 14.1. The van der Waals surface area contributed by atoms with Gasteiger partial charge in [-0.15, -0.1) is 0 Å². The Morgan fingerprint density at radius 2 is 1.94 bits per heavy atom. The third-order valence-corrected chi connectivity index (χ3v) is 1.91. The normalized spacial score (nSPS) is 11.2. The topological polar surface area (TPSA) is 72.2 Å². The van der Waals surface area contributed by atoms with E-state index in [1.54, 1.807) is 0 Å². The van der Waals surface area contributed by atoms with Crippen LogP contribution in [0.25, 0.3) is 0 Å². The molecule has 1 N–H and O–H groups in total. The number of nitrogens with one attached hydrogen (secondary N) is 1. The Morgan fingerprint density at radius 3 is 2.33 bits per heavy atom. The van der Waals surface area contributed by atoms with Gasteiger partial charge in [-0.25, -0.2) is 4.39 Å². The fourth-order valence-corrected chi connectivity index (χ4v) is 1.27. The first-order valence-corrected chi connectivity index (χ1v) is 4.46. The van der Waals surface area contributed by atoms with Crippen LogP contribution in [0.5, 0.6) is 0 Å². The first kappa shape index (κ1) is 13.9. The van der Waals surface area contributed by atoms with Crippen LogP contribution in [-0.4, -0.2) is 10.8 Å². The summed E-state index contributed by atoms with van der Waals surface area (Å²) in [5.41, 5.74) is -4.19. The molecule has 1 aromatic carbocycles. The molecule has 0 saturated carbocycles. The molecule has 0 saturated heterocycles. The number of carbonyl (C=O) groups excluding carboxylic acids is 1. The molecule has 1 aromatic rings. The Kier molecular flexibility index (Phi) is 3.54. The number of halogens is 4. The first-order valence-electron chi connectivity index (χ1n) is 4.46. The molecule has 0 aromatic heterocycles.